The van der Waals surface area contributed by atoms with Crippen molar-refractivity contribution in [2.75, 3.05) is 7.05 Å². The molecule has 3 heterocycles. The Hall–Kier alpha value is -2.77. The van der Waals surface area contributed by atoms with Gasteiger partial charge in [0.2, 0.25) is 0 Å². The van der Waals surface area contributed by atoms with E-state index >= 15 is 0 Å². The van der Waals surface area contributed by atoms with E-state index in [4.69, 9.17) is 15.7 Å². The van der Waals surface area contributed by atoms with Gasteiger partial charge in [-0.3, -0.25) is 0 Å². The van der Waals surface area contributed by atoms with E-state index in [1.165, 1.54) is 42.5 Å². The summed E-state index contributed by atoms with van der Waals surface area (Å²) >= 11 is 0. The Bertz CT molecular complexity index is 1260. The van der Waals surface area contributed by atoms with Crippen molar-refractivity contribution in [2.45, 2.75) is 89.1 Å². The average Bonchev–Trinajstić information content (AvgIpc) is 3.56. The largest absolute Gasteiger partial charge is 0.364 e. The Morgan fingerprint density at radius 2 is 1.86 bits per heavy atom. The third-order valence-corrected chi connectivity index (χ3v) is 7.89. The first-order valence-corrected chi connectivity index (χ1v) is 13.4. The van der Waals surface area contributed by atoms with Gasteiger partial charge in [-0.2, -0.15) is 0 Å². The Kier molecular flexibility index (Phi) is 7.16. The summed E-state index contributed by atoms with van der Waals surface area (Å²) in [5.74, 6) is 2.95. The highest BCUT2D eigenvalue weighted by molar-refractivity contribution is 6.03. The Morgan fingerprint density at radius 3 is 2.57 bits per heavy atom. The van der Waals surface area contributed by atoms with Crippen LogP contribution in [-0.2, 0) is 0 Å². The fourth-order valence-corrected chi connectivity index (χ4v) is 5.67. The number of hydrogen-bond donors (Lipinski definition) is 4. The molecule has 0 aliphatic heterocycles. The molecule has 2 atom stereocenters. The van der Waals surface area contributed by atoms with Crippen molar-refractivity contribution >= 4 is 21.8 Å². The monoisotopic (exact) mass is 473 g/mol. The predicted octanol–water partition coefficient (Wildman–Crippen LogP) is 6.14. The predicted molar refractivity (Wildman–Crippen MR) is 142 cm³/mol. The van der Waals surface area contributed by atoms with Crippen LogP contribution in [0.15, 0.2) is 30.6 Å². The molecule has 1 saturated carbocycles. The average molecular weight is 474 g/mol. The van der Waals surface area contributed by atoms with Crippen molar-refractivity contribution in [3.8, 4) is 0 Å². The smallest absolute Gasteiger partial charge is 0.146 e. The molecule has 0 saturated heterocycles. The van der Waals surface area contributed by atoms with E-state index in [0.717, 1.165) is 53.8 Å². The molecule has 1 aromatic carbocycles. The van der Waals surface area contributed by atoms with Gasteiger partial charge < -0.3 is 21.0 Å². The maximum Gasteiger partial charge on any atom is 0.146 e. The minimum atomic E-state index is -0.0899. The number of nitrogens with two attached hydrogens (primary N) is 1. The van der Waals surface area contributed by atoms with Gasteiger partial charge in [-0.1, -0.05) is 32.8 Å². The maximum atomic E-state index is 6.35. The molecular weight excluding hydrogens is 434 g/mol. The van der Waals surface area contributed by atoms with Crippen LogP contribution in [-0.4, -0.2) is 32.0 Å². The molecule has 7 heteroatoms. The van der Waals surface area contributed by atoms with Gasteiger partial charge in [-0.25, -0.2) is 15.0 Å². The molecule has 1 aliphatic rings. The summed E-state index contributed by atoms with van der Waals surface area (Å²) in [5.41, 5.74) is 10.9. The number of hydrogen-bond acceptors (Lipinski definition) is 5. The first-order valence-electron chi connectivity index (χ1n) is 13.4. The fraction of sp³-hybridized carbons (Fsp3) is 0.536. The molecule has 186 valence electrons. The van der Waals surface area contributed by atoms with Crippen LogP contribution in [0.2, 0.25) is 0 Å². The minimum absolute atomic E-state index is 0.0899. The second-order valence-corrected chi connectivity index (χ2v) is 10.2. The summed E-state index contributed by atoms with van der Waals surface area (Å²) in [6.45, 7) is 4.37. The first kappa shape index (κ1) is 23.9. The quantitative estimate of drug-likeness (QED) is 0.234. The lowest BCUT2D eigenvalue weighted by molar-refractivity contribution is 0.386. The van der Waals surface area contributed by atoms with Gasteiger partial charge in [-0.15, -0.1) is 0 Å². The third-order valence-electron chi connectivity index (χ3n) is 7.89. The van der Waals surface area contributed by atoms with E-state index in [1.807, 2.05) is 7.05 Å². The summed E-state index contributed by atoms with van der Waals surface area (Å²) in [7, 11) is 2.00. The molecule has 5 rings (SSSR count). The first-order chi connectivity index (χ1) is 17.1. The van der Waals surface area contributed by atoms with Gasteiger partial charge >= 0.3 is 0 Å². The molecule has 4 aromatic rings. The van der Waals surface area contributed by atoms with Crippen LogP contribution in [0.4, 0.5) is 0 Å². The normalized spacial score (nSPS) is 20.5. The molecule has 0 radical (unpaired) electrons. The van der Waals surface area contributed by atoms with Crippen LogP contribution < -0.4 is 11.1 Å². The van der Waals surface area contributed by atoms with Crippen molar-refractivity contribution in [3.05, 3.63) is 53.6 Å². The molecule has 0 spiro atoms. The van der Waals surface area contributed by atoms with Crippen molar-refractivity contribution < 1.29 is 0 Å². The second kappa shape index (κ2) is 10.5. The summed E-state index contributed by atoms with van der Waals surface area (Å²) in [4.78, 5) is 21.4. The molecule has 35 heavy (non-hydrogen) atoms. The summed E-state index contributed by atoms with van der Waals surface area (Å²) in [5, 5.41) is 5.69. The van der Waals surface area contributed by atoms with E-state index < -0.39 is 0 Å². The molecule has 7 nitrogen and oxygen atoms in total. The Labute approximate surface area is 207 Å². The van der Waals surface area contributed by atoms with E-state index in [9.17, 15) is 0 Å². The Morgan fingerprint density at radius 1 is 1.09 bits per heavy atom. The minimum Gasteiger partial charge on any atom is -0.364 e. The van der Waals surface area contributed by atoms with Gasteiger partial charge in [0.25, 0.3) is 0 Å². The molecule has 1 fully saturated rings. The van der Waals surface area contributed by atoms with E-state index in [1.54, 1.807) is 0 Å². The van der Waals surface area contributed by atoms with Crippen LogP contribution >= 0.6 is 0 Å². The van der Waals surface area contributed by atoms with Crippen LogP contribution in [0.5, 0.6) is 0 Å². The number of unbranched alkanes of at least 4 members (excludes halogenated alkanes) is 1. The highest BCUT2D eigenvalue weighted by Gasteiger charge is 2.26. The zero-order valence-electron chi connectivity index (χ0n) is 21.3. The molecular formula is C28H39N7. The van der Waals surface area contributed by atoms with Crippen LogP contribution in [0.25, 0.3) is 21.8 Å². The summed E-state index contributed by atoms with van der Waals surface area (Å²) < 4.78 is 0. The number of rotatable bonds is 9. The molecule has 2 unspecified atom stereocenters. The second-order valence-electron chi connectivity index (χ2n) is 10.2. The highest BCUT2D eigenvalue weighted by Crippen LogP contribution is 2.40. The van der Waals surface area contributed by atoms with Gasteiger partial charge in [0.05, 0.1) is 17.6 Å². The van der Waals surface area contributed by atoms with Crippen LogP contribution in [0.1, 0.15) is 112 Å². The molecule has 0 bridgehead atoms. The van der Waals surface area contributed by atoms with Crippen molar-refractivity contribution in [1.29, 1.82) is 0 Å². The molecule has 0 amide bonds. The Balaban J connectivity index is 1.30. The third kappa shape index (κ3) is 4.84. The lowest BCUT2D eigenvalue weighted by atomic mass is 9.79. The number of aromatic amines is 2. The lowest BCUT2D eigenvalue weighted by Gasteiger charge is -2.28. The van der Waals surface area contributed by atoms with Gasteiger partial charge in [-0.05, 0) is 69.0 Å². The lowest BCUT2D eigenvalue weighted by Crippen LogP contribution is -2.17. The number of imidazole rings is 2. The van der Waals surface area contributed by atoms with Gasteiger partial charge in [0.1, 0.15) is 17.2 Å². The number of fused-ring (bicyclic) bond motifs is 3. The fourth-order valence-electron chi connectivity index (χ4n) is 5.67. The SMILES string of the molecule is CCCCC(N)c1nc2ccc3cc(C4CCC(c5cnc(C(CC)NC)[nH]5)CC4)[nH]cc3c2n1. The topological polar surface area (TPSA) is 108 Å². The number of benzene rings is 1. The summed E-state index contributed by atoms with van der Waals surface area (Å²) in [6, 6.07) is 6.79. The number of pyridine rings is 1. The highest BCUT2D eigenvalue weighted by atomic mass is 15.0. The standard InChI is InChI=1S/C28H39N7/c1-4-6-7-21(29)27-33-23-13-12-19-14-24(31-15-20(19)26(23)35-27)17-8-10-18(11-9-17)25-16-32-28(34-25)22(5-2)30-3/h12-18,21-22,30-31H,4-11,29H2,1-3H3,(H,32,34). The van der Waals surface area contributed by atoms with E-state index in [0.29, 0.717) is 17.9 Å². The van der Waals surface area contributed by atoms with Gasteiger partial charge in [0, 0.05) is 35.1 Å². The number of aromatic nitrogens is 5. The van der Waals surface area contributed by atoms with Crippen molar-refractivity contribution in [2.24, 2.45) is 5.73 Å². The molecule has 3 aromatic heterocycles. The van der Waals surface area contributed by atoms with Crippen molar-refractivity contribution in [3.63, 3.8) is 0 Å². The summed E-state index contributed by atoms with van der Waals surface area (Å²) in [6.07, 6.45) is 13.1. The van der Waals surface area contributed by atoms with Crippen LogP contribution in [0, 0.1) is 0 Å². The van der Waals surface area contributed by atoms with E-state index in [-0.39, 0.29) is 6.04 Å². The molecule has 1 aliphatic carbocycles. The van der Waals surface area contributed by atoms with Crippen molar-refractivity contribution in [1.82, 2.24) is 30.2 Å². The van der Waals surface area contributed by atoms with E-state index in [2.05, 4.69) is 64.7 Å². The number of nitrogens with one attached hydrogen (secondary N) is 3. The van der Waals surface area contributed by atoms with Crippen LogP contribution in [0.3, 0.4) is 0 Å². The maximum absolute atomic E-state index is 6.35. The number of nitrogens with zero attached hydrogens (tertiary/aromatic N) is 3. The zero-order chi connectivity index (χ0) is 24.4. The zero-order valence-corrected chi connectivity index (χ0v) is 21.3. The van der Waals surface area contributed by atoms with Gasteiger partial charge in [0.15, 0.2) is 0 Å². The molecule has 5 N–H and O–H groups in total. The number of H-pyrrole nitrogens is 2.